The van der Waals surface area contributed by atoms with Crippen molar-refractivity contribution in [3.63, 3.8) is 0 Å². The lowest BCUT2D eigenvalue weighted by atomic mass is 10.4. The van der Waals surface area contributed by atoms with Crippen molar-refractivity contribution in [2.75, 3.05) is 39.5 Å². The molecule has 0 atom stereocenters. The van der Waals surface area contributed by atoms with Crippen LogP contribution in [-0.2, 0) is 0 Å². The van der Waals surface area contributed by atoms with Gasteiger partial charge in [0.05, 0.1) is 0 Å². The quantitative estimate of drug-likeness (QED) is 0.442. The van der Waals surface area contributed by atoms with E-state index in [0.717, 1.165) is 41.9 Å². The van der Waals surface area contributed by atoms with Crippen LogP contribution in [0.5, 0.6) is 0 Å². The van der Waals surface area contributed by atoms with E-state index in [0.29, 0.717) is 0 Å². The van der Waals surface area contributed by atoms with E-state index in [4.69, 9.17) is 0 Å². The van der Waals surface area contributed by atoms with Gasteiger partial charge in [0.15, 0.2) is 5.16 Å². The molecule has 5 heteroatoms. The summed E-state index contributed by atoms with van der Waals surface area (Å²) in [7, 11) is 4.21. The Bertz CT molecular complexity index is 335. The van der Waals surface area contributed by atoms with Crippen LogP contribution in [0.15, 0.2) is 11.2 Å². The van der Waals surface area contributed by atoms with Crippen LogP contribution in [0.1, 0.15) is 17.8 Å². The fourth-order valence-electron chi connectivity index (χ4n) is 1.62. The van der Waals surface area contributed by atoms with Crippen LogP contribution >= 0.6 is 11.8 Å². The lowest BCUT2D eigenvalue weighted by Crippen LogP contribution is -2.23. The molecule has 1 aromatic heterocycles. The molecule has 0 fully saturated rings. The van der Waals surface area contributed by atoms with Crippen LogP contribution in [0, 0.1) is 13.8 Å². The molecule has 4 nitrogen and oxygen atoms in total. The summed E-state index contributed by atoms with van der Waals surface area (Å²) in [6, 6.07) is 2.00. The van der Waals surface area contributed by atoms with Crippen molar-refractivity contribution in [2.24, 2.45) is 0 Å². The van der Waals surface area contributed by atoms with Gasteiger partial charge in [0, 0.05) is 23.7 Å². The van der Waals surface area contributed by atoms with E-state index in [9.17, 15) is 0 Å². The van der Waals surface area contributed by atoms with E-state index in [2.05, 4.69) is 34.3 Å². The maximum atomic E-state index is 4.41. The minimum absolute atomic E-state index is 0.891. The molecule has 0 amide bonds. The van der Waals surface area contributed by atoms with Gasteiger partial charge < -0.3 is 10.2 Å². The highest BCUT2D eigenvalue weighted by Gasteiger charge is 2.00. The number of aryl methyl sites for hydroxylation is 2. The Hall–Kier alpha value is -0.650. The summed E-state index contributed by atoms with van der Waals surface area (Å²) < 4.78 is 0. The number of nitrogens with one attached hydrogen (secondary N) is 1. The van der Waals surface area contributed by atoms with Crippen molar-refractivity contribution in [3.05, 3.63) is 17.5 Å². The van der Waals surface area contributed by atoms with Crippen molar-refractivity contribution >= 4 is 11.8 Å². The van der Waals surface area contributed by atoms with Gasteiger partial charge in [-0.25, -0.2) is 9.97 Å². The second-order valence-corrected chi connectivity index (χ2v) is 5.75. The van der Waals surface area contributed by atoms with Crippen molar-refractivity contribution in [3.8, 4) is 0 Å². The molecule has 0 saturated carbocycles. The monoisotopic (exact) mass is 268 g/mol. The molecule has 0 radical (unpaired) electrons. The Morgan fingerprint density at radius 3 is 2.44 bits per heavy atom. The average Bonchev–Trinajstić information content (AvgIpc) is 2.26. The number of nitrogens with zero attached hydrogens (tertiary/aromatic N) is 3. The second kappa shape index (κ2) is 8.45. The molecular formula is C13H24N4S. The molecule has 102 valence electrons. The van der Waals surface area contributed by atoms with Gasteiger partial charge in [-0.3, -0.25) is 0 Å². The van der Waals surface area contributed by atoms with Gasteiger partial charge in [0.1, 0.15) is 0 Å². The molecule has 18 heavy (non-hydrogen) atoms. The molecule has 0 spiro atoms. The first-order valence-corrected chi connectivity index (χ1v) is 7.37. The summed E-state index contributed by atoms with van der Waals surface area (Å²) in [4.78, 5) is 11.0. The fourth-order valence-corrected chi connectivity index (χ4v) is 2.46. The summed E-state index contributed by atoms with van der Waals surface area (Å²) >= 11 is 1.72. The molecular weight excluding hydrogens is 244 g/mol. The third-order valence-corrected chi connectivity index (χ3v) is 3.28. The highest BCUT2D eigenvalue weighted by molar-refractivity contribution is 7.99. The van der Waals surface area contributed by atoms with Gasteiger partial charge in [-0.05, 0) is 53.5 Å². The molecule has 1 heterocycles. The van der Waals surface area contributed by atoms with E-state index in [-0.39, 0.29) is 0 Å². The molecule has 0 aliphatic heterocycles. The average molecular weight is 268 g/mol. The van der Waals surface area contributed by atoms with Gasteiger partial charge in [0.2, 0.25) is 0 Å². The van der Waals surface area contributed by atoms with Crippen LogP contribution in [0.25, 0.3) is 0 Å². The minimum Gasteiger partial charge on any atom is -0.316 e. The predicted molar refractivity (Wildman–Crippen MR) is 78.3 cm³/mol. The van der Waals surface area contributed by atoms with Gasteiger partial charge in [-0.1, -0.05) is 11.8 Å². The van der Waals surface area contributed by atoms with E-state index < -0.39 is 0 Å². The first kappa shape index (κ1) is 15.4. The van der Waals surface area contributed by atoms with Gasteiger partial charge in [-0.15, -0.1) is 0 Å². The molecule has 0 aliphatic carbocycles. The Labute approximate surface area is 115 Å². The molecule has 1 rings (SSSR count). The fraction of sp³-hybridized carbons (Fsp3) is 0.692. The normalized spacial score (nSPS) is 11.2. The van der Waals surface area contributed by atoms with Crippen molar-refractivity contribution in [1.82, 2.24) is 20.2 Å². The van der Waals surface area contributed by atoms with Gasteiger partial charge in [-0.2, -0.15) is 0 Å². The van der Waals surface area contributed by atoms with Crippen LogP contribution < -0.4 is 5.32 Å². The van der Waals surface area contributed by atoms with Crippen LogP contribution in [-0.4, -0.2) is 54.4 Å². The highest BCUT2D eigenvalue weighted by atomic mass is 32.2. The Kier molecular flexibility index (Phi) is 7.23. The summed E-state index contributed by atoms with van der Waals surface area (Å²) in [6.07, 6.45) is 1.19. The molecule has 1 aromatic rings. The maximum Gasteiger partial charge on any atom is 0.188 e. The Balaban J connectivity index is 2.10. The zero-order valence-electron chi connectivity index (χ0n) is 11.9. The largest absolute Gasteiger partial charge is 0.316 e. The molecule has 0 saturated heterocycles. The lowest BCUT2D eigenvalue weighted by Gasteiger charge is -2.09. The second-order valence-electron chi connectivity index (χ2n) is 4.69. The summed E-state index contributed by atoms with van der Waals surface area (Å²) in [5, 5.41) is 4.33. The number of rotatable bonds is 8. The first-order chi connectivity index (χ1) is 8.58. The number of aromatic nitrogens is 2. The zero-order valence-corrected chi connectivity index (χ0v) is 12.7. The molecule has 0 aliphatic rings. The molecule has 1 N–H and O–H groups in total. The van der Waals surface area contributed by atoms with E-state index in [1.54, 1.807) is 11.8 Å². The minimum atomic E-state index is 0.891. The third-order valence-electron chi connectivity index (χ3n) is 2.43. The standard InChI is InChI=1S/C13H24N4S/c1-11-10-12(2)16-13(15-11)18-9-7-14-6-5-8-17(3)4/h10,14H,5-9H2,1-4H3. The highest BCUT2D eigenvalue weighted by Crippen LogP contribution is 2.12. The Morgan fingerprint density at radius 1 is 1.17 bits per heavy atom. The smallest absolute Gasteiger partial charge is 0.188 e. The van der Waals surface area contributed by atoms with Crippen molar-refractivity contribution in [2.45, 2.75) is 25.4 Å². The first-order valence-electron chi connectivity index (χ1n) is 6.38. The number of thioether (sulfide) groups is 1. The molecule has 0 unspecified atom stereocenters. The predicted octanol–water partition coefficient (Wildman–Crippen LogP) is 1.73. The molecule has 0 bridgehead atoms. The van der Waals surface area contributed by atoms with E-state index in [1.165, 1.54) is 6.42 Å². The van der Waals surface area contributed by atoms with Gasteiger partial charge in [0.25, 0.3) is 0 Å². The van der Waals surface area contributed by atoms with Crippen LogP contribution in [0.4, 0.5) is 0 Å². The summed E-state index contributed by atoms with van der Waals surface area (Å²) in [5.74, 6) is 1.02. The van der Waals surface area contributed by atoms with Crippen molar-refractivity contribution < 1.29 is 0 Å². The zero-order chi connectivity index (χ0) is 13.4. The molecule has 0 aromatic carbocycles. The third kappa shape index (κ3) is 6.93. The Morgan fingerprint density at radius 2 is 1.83 bits per heavy atom. The summed E-state index contributed by atoms with van der Waals surface area (Å²) in [5.41, 5.74) is 2.09. The van der Waals surface area contributed by atoms with E-state index in [1.807, 2.05) is 19.9 Å². The van der Waals surface area contributed by atoms with Crippen molar-refractivity contribution in [1.29, 1.82) is 0 Å². The lowest BCUT2D eigenvalue weighted by molar-refractivity contribution is 0.396. The van der Waals surface area contributed by atoms with Crippen LogP contribution in [0.2, 0.25) is 0 Å². The van der Waals surface area contributed by atoms with Gasteiger partial charge >= 0.3 is 0 Å². The summed E-state index contributed by atoms with van der Waals surface area (Å²) in [6.45, 7) is 7.25. The number of hydrogen-bond donors (Lipinski definition) is 1. The number of hydrogen-bond acceptors (Lipinski definition) is 5. The van der Waals surface area contributed by atoms with E-state index >= 15 is 0 Å². The topological polar surface area (TPSA) is 41.1 Å². The van der Waals surface area contributed by atoms with Crippen LogP contribution in [0.3, 0.4) is 0 Å². The SMILES string of the molecule is Cc1cc(C)nc(SCCNCCCN(C)C)n1. The maximum absolute atomic E-state index is 4.41.